The molecule has 12 N–H and O–H groups in total. The van der Waals surface area contributed by atoms with Crippen LogP contribution in [-0.2, 0) is 36.8 Å². The molecule has 4 atom stereocenters. The van der Waals surface area contributed by atoms with E-state index in [9.17, 15) is 34.2 Å². The van der Waals surface area contributed by atoms with Gasteiger partial charge >= 0.3 is 5.97 Å². The molecule has 1 heterocycles. The van der Waals surface area contributed by atoms with Crippen LogP contribution >= 0.6 is 0 Å². The van der Waals surface area contributed by atoms with Crippen LogP contribution in [0.1, 0.15) is 43.4 Å². The summed E-state index contributed by atoms with van der Waals surface area (Å²) in [5, 5.41) is 26.5. The van der Waals surface area contributed by atoms with Gasteiger partial charge in [0.05, 0.1) is 12.4 Å². The van der Waals surface area contributed by atoms with Crippen molar-refractivity contribution >= 4 is 29.6 Å². The maximum atomic E-state index is 13.3. The molecule has 4 unspecified atom stereocenters. The highest BCUT2D eigenvalue weighted by molar-refractivity contribution is 5.94. The van der Waals surface area contributed by atoms with E-state index in [0.29, 0.717) is 30.6 Å². The van der Waals surface area contributed by atoms with Gasteiger partial charge in [-0.05, 0) is 56.3 Å². The van der Waals surface area contributed by atoms with E-state index in [-0.39, 0.29) is 37.9 Å². The van der Waals surface area contributed by atoms with Gasteiger partial charge in [-0.3, -0.25) is 19.2 Å². The van der Waals surface area contributed by atoms with Crippen LogP contribution in [0.5, 0.6) is 5.75 Å². The van der Waals surface area contributed by atoms with Crippen molar-refractivity contribution in [3.8, 4) is 5.75 Å². The van der Waals surface area contributed by atoms with Crippen LogP contribution in [0.25, 0.3) is 0 Å². The van der Waals surface area contributed by atoms with Crippen molar-refractivity contribution in [2.45, 2.75) is 69.1 Å². The predicted molar refractivity (Wildman–Crippen MR) is 147 cm³/mol. The summed E-state index contributed by atoms with van der Waals surface area (Å²) in [7, 11) is 0. The molecule has 0 bridgehead atoms. The number of carbonyl (C=O) groups is 5. The number of carboxylic acids is 1. The molecule has 0 fully saturated rings. The lowest BCUT2D eigenvalue weighted by Gasteiger charge is -2.25. The molecule has 1 aromatic carbocycles. The van der Waals surface area contributed by atoms with Crippen LogP contribution < -0.4 is 33.2 Å². The van der Waals surface area contributed by atoms with E-state index in [1.165, 1.54) is 24.7 Å². The molecular formula is C26H38N8O7. The third-order valence-electron chi connectivity index (χ3n) is 6.21. The van der Waals surface area contributed by atoms with E-state index >= 15 is 0 Å². The number of nitrogens with zero attached hydrogens (tertiary/aromatic N) is 1. The lowest BCUT2D eigenvalue weighted by molar-refractivity contribution is -0.142. The molecule has 0 saturated heterocycles. The fraction of sp³-hybridized carbons (Fsp3) is 0.462. The Balaban J connectivity index is 2.17. The van der Waals surface area contributed by atoms with Gasteiger partial charge in [-0.25, -0.2) is 9.78 Å². The number of carboxylic acid groups (broad SMARTS) is 1. The summed E-state index contributed by atoms with van der Waals surface area (Å²) in [6.07, 6.45) is 3.62. The second-order valence-corrected chi connectivity index (χ2v) is 9.57. The number of hydrogen-bond donors (Lipinski definition) is 9. The zero-order chi connectivity index (χ0) is 30.4. The lowest BCUT2D eigenvalue weighted by atomic mass is 10.0. The van der Waals surface area contributed by atoms with Gasteiger partial charge in [0.25, 0.3) is 0 Å². The molecule has 0 saturated carbocycles. The van der Waals surface area contributed by atoms with E-state index in [1.807, 2.05) is 0 Å². The van der Waals surface area contributed by atoms with E-state index < -0.39 is 53.8 Å². The maximum Gasteiger partial charge on any atom is 0.326 e. The molecule has 0 radical (unpaired) electrons. The van der Waals surface area contributed by atoms with Crippen LogP contribution in [0.4, 0.5) is 0 Å². The van der Waals surface area contributed by atoms with E-state index in [0.717, 1.165) is 0 Å². The molecule has 0 aliphatic carbocycles. The fourth-order valence-electron chi connectivity index (χ4n) is 3.93. The number of aromatic nitrogens is 2. The molecule has 0 spiro atoms. The molecule has 0 aliphatic rings. The molecule has 2 aromatic rings. The number of aromatic amines is 1. The van der Waals surface area contributed by atoms with E-state index in [2.05, 4.69) is 25.9 Å². The Bertz CT molecular complexity index is 1160. The molecule has 4 amide bonds. The minimum atomic E-state index is -1.28. The third kappa shape index (κ3) is 11.6. The average Bonchev–Trinajstić information content (AvgIpc) is 3.44. The van der Waals surface area contributed by atoms with Crippen molar-refractivity contribution in [1.29, 1.82) is 0 Å². The van der Waals surface area contributed by atoms with Crippen molar-refractivity contribution in [3.63, 3.8) is 0 Å². The first-order valence-electron chi connectivity index (χ1n) is 13.1. The Morgan fingerprint density at radius 2 is 1.51 bits per heavy atom. The van der Waals surface area contributed by atoms with Crippen molar-refractivity contribution in [2.75, 3.05) is 6.54 Å². The Hall–Kier alpha value is -4.50. The molecule has 224 valence electrons. The Morgan fingerprint density at radius 1 is 0.878 bits per heavy atom. The van der Waals surface area contributed by atoms with Gasteiger partial charge in [0.1, 0.15) is 23.9 Å². The number of rotatable bonds is 18. The number of nitrogens with two attached hydrogens (primary N) is 3. The van der Waals surface area contributed by atoms with Crippen LogP contribution in [-0.4, -0.2) is 80.5 Å². The first-order valence-corrected chi connectivity index (χ1v) is 13.1. The number of hydrogen-bond acceptors (Lipinski definition) is 9. The molecule has 0 aliphatic heterocycles. The van der Waals surface area contributed by atoms with Crippen LogP contribution in [0.15, 0.2) is 36.8 Å². The van der Waals surface area contributed by atoms with Crippen LogP contribution in [0, 0.1) is 0 Å². The lowest BCUT2D eigenvalue weighted by Crippen LogP contribution is -2.58. The van der Waals surface area contributed by atoms with E-state index in [4.69, 9.17) is 17.2 Å². The number of phenols is 1. The summed E-state index contributed by atoms with van der Waals surface area (Å²) in [6, 6.07) is 1.27. The minimum absolute atomic E-state index is 0.0499. The van der Waals surface area contributed by atoms with Gasteiger partial charge in [-0.2, -0.15) is 0 Å². The second-order valence-electron chi connectivity index (χ2n) is 9.57. The largest absolute Gasteiger partial charge is 0.508 e. The number of unbranched alkanes of at least 4 members (excludes halogenated alkanes) is 1. The second kappa shape index (κ2) is 16.6. The standard InChI is InChI=1S/C26H38N8O7/c27-10-2-1-3-20(26(40)41)33-25(39)21(12-16-13-30-14-31-16)34-24(38)19(8-9-22(29)36)32-23(37)18(28)11-15-4-6-17(35)7-5-15/h4-7,13-14,18-21,35H,1-3,8-12,27-28H2,(H2,29,36)(H,30,31)(H,32,37)(H,33,39)(H,34,38)(H,40,41). The van der Waals surface area contributed by atoms with Crippen molar-refractivity contribution in [2.24, 2.45) is 17.2 Å². The SMILES string of the molecule is NCCCCC(NC(=O)C(Cc1cnc[nH]1)NC(=O)C(CCC(N)=O)NC(=O)C(N)Cc1ccc(O)cc1)C(=O)O. The first kappa shape index (κ1) is 32.7. The molecular weight excluding hydrogens is 536 g/mol. The molecule has 15 heteroatoms. The number of H-pyrrole nitrogens is 1. The molecule has 41 heavy (non-hydrogen) atoms. The highest BCUT2D eigenvalue weighted by atomic mass is 16.4. The number of primary amides is 1. The van der Waals surface area contributed by atoms with Crippen LogP contribution in [0.2, 0.25) is 0 Å². The van der Waals surface area contributed by atoms with Gasteiger partial charge in [-0.1, -0.05) is 12.1 Å². The first-order chi connectivity index (χ1) is 19.5. The predicted octanol–water partition coefficient (Wildman–Crippen LogP) is -1.84. The number of nitrogens with one attached hydrogen (secondary N) is 4. The zero-order valence-corrected chi connectivity index (χ0v) is 22.5. The van der Waals surface area contributed by atoms with Gasteiger partial charge < -0.3 is 48.3 Å². The molecule has 2 rings (SSSR count). The van der Waals surface area contributed by atoms with Crippen molar-refractivity contribution in [1.82, 2.24) is 25.9 Å². The Labute approximate surface area is 236 Å². The van der Waals surface area contributed by atoms with Gasteiger partial charge in [-0.15, -0.1) is 0 Å². The highest BCUT2D eigenvalue weighted by Crippen LogP contribution is 2.11. The Morgan fingerprint density at radius 3 is 2.10 bits per heavy atom. The monoisotopic (exact) mass is 574 g/mol. The summed E-state index contributed by atoms with van der Waals surface area (Å²) < 4.78 is 0. The number of phenolic OH excluding ortho intramolecular Hbond substituents is 1. The number of amides is 4. The fourth-order valence-corrected chi connectivity index (χ4v) is 3.93. The smallest absolute Gasteiger partial charge is 0.326 e. The van der Waals surface area contributed by atoms with Gasteiger partial charge in [0.15, 0.2) is 0 Å². The molecule has 15 nitrogen and oxygen atoms in total. The summed E-state index contributed by atoms with van der Waals surface area (Å²) in [5.74, 6) is -4.16. The quantitative estimate of drug-likeness (QED) is 0.0897. The summed E-state index contributed by atoms with van der Waals surface area (Å²) in [5.41, 5.74) is 17.9. The highest BCUT2D eigenvalue weighted by Gasteiger charge is 2.31. The van der Waals surface area contributed by atoms with Gasteiger partial charge in [0.2, 0.25) is 23.6 Å². The third-order valence-corrected chi connectivity index (χ3v) is 6.21. The number of aliphatic carboxylic acids is 1. The topological polar surface area (TPSA) is 269 Å². The number of aromatic hydroxyl groups is 1. The summed E-state index contributed by atoms with van der Waals surface area (Å²) >= 11 is 0. The number of carbonyl (C=O) groups excluding carboxylic acids is 4. The minimum Gasteiger partial charge on any atom is -0.508 e. The molecule has 1 aromatic heterocycles. The zero-order valence-electron chi connectivity index (χ0n) is 22.5. The number of benzene rings is 1. The number of imidazole rings is 1. The summed E-state index contributed by atoms with van der Waals surface area (Å²) in [6.45, 7) is 0.371. The van der Waals surface area contributed by atoms with Crippen molar-refractivity contribution < 1.29 is 34.2 Å². The van der Waals surface area contributed by atoms with E-state index in [1.54, 1.807) is 12.1 Å². The van der Waals surface area contributed by atoms with Crippen molar-refractivity contribution in [3.05, 3.63) is 48.0 Å². The average molecular weight is 575 g/mol. The maximum absolute atomic E-state index is 13.3. The van der Waals surface area contributed by atoms with Gasteiger partial charge in [0, 0.05) is 24.7 Å². The normalized spacial score (nSPS) is 13.8. The Kier molecular flexibility index (Phi) is 13.2. The van der Waals surface area contributed by atoms with Crippen LogP contribution in [0.3, 0.4) is 0 Å². The summed E-state index contributed by atoms with van der Waals surface area (Å²) in [4.78, 5) is 69.2.